The van der Waals surface area contributed by atoms with Gasteiger partial charge in [-0.15, -0.1) is 0 Å². The van der Waals surface area contributed by atoms with E-state index < -0.39 is 0 Å². The zero-order chi connectivity index (χ0) is 11.8. The van der Waals surface area contributed by atoms with Crippen molar-refractivity contribution < 1.29 is 0 Å². The topological polar surface area (TPSA) is 35.8 Å². The molecule has 1 rings (SSSR count). The maximum Gasteiger partial charge on any atom is 0.0638 e. The predicted molar refractivity (Wildman–Crippen MR) is 67.2 cm³/mol. The molecule has 0 heterocycles. The maximum atomic E-state index is 8.63. The Bertz CT molecular complexity index is 352. The molecule has 0 aromatic heterocycles. The van der Waals surface area contributed by atoms with Gasteiger partial charge in [-0.25, -0.2) is 0 Å². The first kappa shape index (κ1) is 12.7. The highest BCUT2D eigenvalue weighted by Gasteiger charge is 2.03. The summed E-state index contributed by atoms with van der Waals surface area (Å²) in [6, 6.07) is 11.1. The third-order valence-corrected chi connectivity index (χ3v) is 2.76. The third-order valence-electron chi connectivity index (χ3n) is 2.76. The molecule has 1 unspecified atom stereocenters. The Kier molecular flexibility index (Phi) is 5.60. The van der Waals surface area contributed by atoms with Crippen molar-refractivity contribution in [1.29, 1.82) is 5.26 Å². The van der Waals surface area contributed by atoms with Crippen molar-refractivity contribution in [2.24, 2.45) is 0 Å². The van der Waals surface area contributed by atoms with Gasteiger partial charge in [0.15, 0.2) is 0 Å². The van der Waals surface area contributed by atoms with Gasteiger partial charge in [-0.3, -0.25) is 0 Å². The van der Waals surface area contributed by atoms with E-state index >= 15 is 0 Å². The average Bonchev–Trinajstić information content (AvgIpc) is 2.28. The number of nitrogens with zero attached hydrogens (tertiary/aromatic N) is 1. The smallest absolute Gasteiger partial charge is 0.0638 e. The lowest BCUT2D eigenvalue weighted by Gasteiger charge is -2.13. The van der Waals surface area contributed by atoms with Gasteiger partial charge in [0.1, 0.15) is 0 Å². The van der Waals surface area contributed by atoms with Crippen LogP contribution in [0.15, 0.2) is 24.3 Å². The molecule has 0 saturated heterocycles. The molecule has 0 spiro atoms. The van der Waals surface area contributed by atoms with Crippen molar-refractivity contribution in [2.45, 2.75) is 39.2 Å². The molecule has 16 heavy (non-hydrogen) atoms. The summed E-state index contributed by atoms with van der Waals surface area (Å²) < 4.78 is 0. The van der Waals surface area contributed by atoms with Crippen molar-refractivity contribution in [3.63, 3.8) is 0 Å². The standard InChI is InChI=1S/C14H20N2/c1-3-14(7-9-15)16-10-8-13-6-4-5-12(2)11-13/h4-6,11,14,16H,3,7-8,10H2,1-2H3. The molecular formula is C14H20N2. The first-order chi connectivity index (χ1) is 7.76. The van der Waals surface area contributed by atoms with Crippen LogP contribution in [0.25, 0.3) is 0 Å². The number of nitrogens with one attached hydrogen (secondary N) is 1. The Hall–Kier alpha value is -1.33. The molecule has 0 aliphatic rings. The molecule has 1 aromatic rings. The van der Waals surface area contributed by atoms with Crippen LogP contribution in [0.5, 0.6) is 0 Å². The van der Waals surface area contributed by atoms with Gasteiger partial charge >= 0.3 is 0 Å². The van der Waals surface area contributed by atoms with E-state index in [1.165, 1.54) is 11.1 Å². The Morgan fingerprint density at radius 2 is 2.25 bits per heavy atom. The van der Waals surface area contributed by atoms with E-state index in [0.717, 1.165) is 19.4 Å². The van der Waals surface area contributed by atoms with Crippen molar-refractivity contribution >= 4 is 0 Å². The minimum atomic E-state index is 0.342. The normalized spacial score (nSPS) is 12.1. The number of nitriles is 1. The zero-order valence-electron chi connectivity index (χ0n) is 10.2. The van der Waals surface area contributed by atoms with Crippen molar-refractivity contribution in [1.82, 2.24) is 5.32 Å². The van der Waals surface area contributed by atoms with Gasteiger partial charge in [0, 0.05) is 6.04 Å². The second-order valence-electron chi connectivity index (χ2n) is 4.16. The summed E-state index contributed by atoms with van der Waals surface area (Å²) in [6.07, 6.45) is 2.65. The summed E-state index contributed by atoms with van der Waals surface area (Å²) in [5.41, 5.74) is 2.67. The Balaban J connectivity index is 2.32. The molecule has 1 aromatic carbocycles. The number of hydrogen-bond acceptors (Lipinski definition) is 2. The molecule has 0 saturated carbocycles. The largest absolute Gasteiger partial charge is 0.313 e. The fourth-order valence-electron chi connectivity index (χ4n) is 1.76. The van der Waals surface area contributed by atoms with Crippen LogP contribution in [0.3, 0.4) is 0 Å². The monoisotopic (exact) mass is 216 g/mol. The number of aryl methyl sites for hydroxylation is 1. The summed E-state index contributed by atoms with van der Waals surface area (Å²) in [4.78, 5) is 0. The molecule has 0 bridgehead atoms. The van der Waals surface area contributed by atoms with Gasteiger partial charge < -0.3 is 5.32 Å². The first-order valence-corrected chi connectivity index (χ1v) is 5.92. The zero-order valence-corrected chi connectivity index (χ0v) is 10.2. The number of hydrogen-bond donors (Lipinski definition) is 1. The molecule has 86 valence electrons. The summed E-state index contributed by atoms with van der Waals surface area (Å²) in [6.45, 7) is 5.17. The summed E-state index contributed by atoms with van der Waals surface area (Å²) in [5.74, 6) is 0. The van der Waals surface area contributed by atoms with Crippen LogP contribution in [-0.2, 0) is 6.42 Å². The van der Waals surface area contributed by atoms with Crippen LogP contribution in [-0.4, -0.2) is 12.6 Å². The molecule has 1 atom stereocenters. The van der Waals surface area contributed by atoms with Crippen molar-refractivity contribution in [2.75, 3.05) is 6.54 Å². The highest BCUT2D eigenvalue weighted by molar-refractivity contribution is 5.22. The summed E-state index contributed by atoms with van der Waals surface area (Å²) in [5, 5.41) is 12.0. The van der Waals surface area contributed by atoms with Crippen molar-refractivity contribution in [3.05, 3.63) is 35.4 Å². The molecule has 2 nitrogen and oxygen atoms in total. The quantitative estimate of drug-likeness (QED) is 0.793. The summed E-state index contributed by atoms with van der Waals surface area (Å²) >= 11 is 0. The van der Waals surface area contributed by atoms with E-state index in [9.17, 15) is 0 Å². The lowest BCUT2D eigenvalue weighted by Crippen LogP contribution is -2.29. The predicted octanol–water partition coefficient (Wildman–Crippen LogP) is 2.82. The molecule has 0 aliphatic carbocycles. The molecule has 0 fully saturated rings. The van der Waals surface area contributed by atoms with E-state index in [2.05, 4.69) is 49.5 Å². The molecule has 0 radical (unpaired) electrons. The number of rotatable bonds is 6. The average molecular weight is 216 g/mol. The van der Waals surface area contributed by atoms with Gasteiger partial charge in [0.05, 0.1) is 12.5 Å². The van der Waals surface area contributed by atoms with E-state index in [4.69, 9.17) is 5.26 Å². The van der Waals surface area contributed by atoms with Gasteiger partial charge in [-0.2, -0.15) is 5.26 Å². The van der Waals surface area contributed by atoms with Crippen LogP contribution in [0, 0.1) is 18.3 Å². The minimum absolute atomic E-state index is 0.342. The van der Waals surface area contributed by atoms with Crippen LogP contribution in [0.1, 0.15) is 30.9 Å². The molecule has 0 amide bonds. The van der Waals surface area contributed by atoms with Crippen LogP contribution in [0.4, 0.5) is 0 Å². The SMILES string of the molecule is CCC(CC#N)NCCc1cccc(C)c1. The lowest BCUT2D eigenvalue weighted by molar-refractivity contribution is 0.509. The highest BCUT2D eigenvalue weighted by atomic mass is 14.9. The van der Waals surface area contributed by atoms with Gasteiger partial charge in [0.2, 0.25) is 0 Å². The Morgan fingerprint density at radius 3 is 2.88 bits per heavy atom. The van der Waals surface area contributed by atoms with E-state index in [1.807, 2.05) is 0 Å². The Morgan fingerprint density at radius 1 is 1.44 bits per heavy atom. The lowest BCUT2D eigenvalue weighted by atomic mass is 10.1. The Labute approximate surface area is 98.3 Å². The van der Waals surface area contributed by atoms with Gasteiger partial charge in [-0.05, 0) is 31.9 Å². The number of benzene rings is 1. The highest BCUT2D eigenvalue weighted by Crippen LogP contribution is 2.04. The maximum absolute atomic E-state index is 8.63. The van der Waals surface area contributed by atoms with E-state index in [0.29, 0.717) is 12.5 Å². The second-order valence-corrected chi connectivity index (χ2v) is 4.16. The van der Waals surface area contributed by atoms with Crippen molar-refractivity contribution in [3.8, 4) is 6.07 Å². The van der Waals surface area contributed by atoms with Crippen LogP contribution >= 0.6 is 0 Å². The summed E-state index contributed by atoms with van der Waals surface area (Å²) in [7, 11) is 0. The van der Waals surface area contributed by atoms with Gasteiger partial charge in [-0.1, -0.05) is 36.8 Å². The third kappa shape index (κ3) is 4.46. The second kappa shape index (κ2) is 7.03. The van der Waals surface area contributed by atoms with E-state index in [1.54, 1.807) is 0 Å². The first-order valence-electron chi connectivity index (χ1n) is 5.92. The minimum Gasteiger partial charge on any atom is -0.313 e. The van der Waals surface area contributed by atoms with Crippen LogP contribution in [0.2, 0.25) is 0 Å². The van der Waals surface area contributed by atoms with E-state index in [-0.39, 0.29) is 0 Å². The molecule has 1 N–H and O–H groups in total. The molecule has 2 heteroatoms. The fraction of sp³-hybridized carbons (Fsp3) is 0.500. The van der Waals surface area contributed by atoms with Gasteiger partial charge in [0.25, 0.3) is 0 Å². The molecule has 0 aliphatic heterocycles. The fourth-order valence-corrected chi connectivity index (χ4v) is 1.76. The molecular weight excluding hydrogens is 196 g/mol. The van der Waals surface area contributed by atoms with Crippen LogP contribution < -0.4 is 5.32 Å².